The Morgan fingerprint density at radius 1 is 1.19 bits per heavy atom. The molecular weight excluding hydrogens is 384 g/mol. The fourth-order valence-corrected chi connectivity index (χ4v) is 3.53. The second-order valence-corrected chi connectivity index (χ2v) is 7.54. The predicted molar refractivity (Wildman–Crippen MR) is 109 cm³/mol. The molecule has 1 atom stereocenters. The molecule has 0 aromatic heterocycles. The molecule has 5 nitrogen and oxygen atoms in total. The highest BCUT2D eigenvalue weighted by molar-refractivity contribution is 7.99. The Morgan fingerprint density at radius 3 is 2.48 bits per heavy atom. The van der Waals surface area contributed by atoms with Gasteiger partial charge in [0.25, 0.3) is 0 Å². The summed E-state index contributed by atoms with van der Waals surface area (Å²) in [5, 5.41) is 6.25. The normalized spacial score (nSPS) is 11.6. The summed E-state index contributed by atoms with van der Waals surface area (Å²) in [5.74, 6) is 0.691. The molecule has 0 saturated carbocycles. The number of methoxy groups -OCH3 is 1. The van der Waals surface area contributed by atoms with E-state index >= 15 is 0 Å². The van der Waals surface area contributed by atoms with Crippen LogP contribution in [-0.4, -0.2) is 30.7 Å². The van der Waals surface area contributed by atoms with Crippen molar-refractivity contribution in [2.45, 2.75) is 31.3 Å². The van der Waals surface area contributed by atoms with Gasteiger partial charge in [0.1, 0.15) is 11.8 Å². The van der Waals surface area contributed by atoms with Gasteiger partial charge < -0.3 is 15.4 Å². The highest BCUT2D eigenvalue weighted by Gasteiger charge is 2.19. The quantitative estimate of drug-likeness (QED) is 0.657. The third-order valence-electron chi connectivity index (χ3n) is 3.88. The maximum atomic E-state index is 12.5. The average molecular weight is 407 g/mol. The standard InChI is InChI=1S/C20H23ClN2O3S/c1-13-4-9-17(10-18(13)21)27-12-19(23-14(2)24)20(25)22-11-15-5-7-16(26-3)8-6-15/h4-10,19H,11-12H2,1-3H3,(H,22,25)(H,23,24). The average Bonchev–Trinajstić information content (AvgIpc) is 2.66. The Balaban J connectivity index is 1.95. The van der Waals surface area contributed by atoms with E-state index < -0.39 is 6.04 Å². The lowest BCUT2D eigenvalue weighted by molar-refractivity contribution is -0.127. The summed E-state index contributed by atoms with van der Waals surface area (Å²) >= 11 is 7.62. The van der Waals surface area contributed by atoms with Crippen LogP contribution < -0.4 is 15.4 Å². The summed E-state index contributed by atoms with van der Waals surface area (Å²) in [5.41, 5.74) is 1.94. The molecule has 1 unspecified atom stereocenters. The molecule has 2 amide bonds. The van der Waals surface area contributed by atoms with Crippen molar-refractivity contribution in [3.63, 3.8) is 0 Å². The maximum absolute atomic E-state index is 12.5. The number of rotatable bonds is 8. The fourth-order valence-electron chi connectivity index (χ4n) is 2.33. The number of hydrogen-bond donors (Lipinski definition) is 2. The van der Waals surface area contributed by atoms with Gasteiger partial charge in [-0.1, -0.05) is 29.8 Å². The smallest absolute Gasteiger partial charge is 0.243 e. The topological polar surface area (TPSA) is 67.4 Å². The maximum Gasteiger partial charge on any atom is 0.243 e. The predicted octanol–water partition coefficient (Wildman–Crippen LogP) is 3.57. The third kappa shape index (κ3) is 6.81. The van der Waals surface area contributed by atoms with Crippen molar-refractivity contribution >= 4 is 35.2 Å². The van der Waals surface area contributed by atoms with E-state index in [1.807, 2.05) is 49.4 Å². The summed E-state index contributed by atoms with van der Waals surface area (Å²) in [6, 6.07) is 12.6. The zero-order chi connectivity index (χ0) is 19.8. The summed E-state index contributed by atoms with van der Waals surface area (Å²) in [7, 11) is 1.60. The molecule has 0 aliphatic rings. The van der Waals surface area contributed by atoms with Crippen molar-refractivity contribution in [1.29, 1.82) is 0 Å². The summed E-state index contributed by atoms with van der Waals surface area (Å²) in [6.45, 7) is 3.71. The SMILES string of the molecule is COc1ccc(CNC(=O)C(CSc2ccc(C)c(Cl)c2)NC(C)=O)cc1. The van der Waals surface area contributed by atoms with Crippen LogP contribution in [-0.2, 0) is 16.1 Å². The van der Waals surface area contributed by atoms with Crippen molar-refractivity contribution in [1.82, 2.24) is 10.6 Å². The van der Waals surface area contributed by atoms with Gasteiger partial charge in [-0.3, -0.25) is 9.59 Å². The van der Waals surface area contributed by atoms with Crippen LogP contribution in [0.15, 0.2) is 47.4 Å². The second kappa shape index (κ2) is 10.2. The van der Waals surface area contributed by atoms with E-state index in [0.29, 0.717) is 17.3 Å². The van der Waals surface area contributed by atoms with E-state index in [-0.39, 0.29) is 11.8 Å². The lowest BCUT2D eigenvalue weighted by atomic mass is 10.2. The Labute approximate surface area is 168 Å². The number of thioether (sulfide) groups is 1. The Morgan fingerprint density at radius 2 is 1.89 bits per heavy atom. The van der Waals surface area contributed by atoms with Crippen LogP contribution in [0.25, 0.3) is 0 Å². The van der Waals surface area contributed by atoms with Crippen molar-refractivity contribution in [2.75, 3.05) is 12.9 Å². The molecule has 0 heterocycles. The minimum Gasteiger partial charge on any atom is -0.497 e. The van der Waals surface area contributed by atoms with E-state index in [9.17, 15) is 9.59 Å². The molecule has 27 heavy (non-hydrogen) atoms. The number of carbonyl (C=O) groups excluding carboxylic acids is 2. The number of ether oxygens (including phenoxy) is 1. The van der Waals surface area contributed by atoms with Gasteiger partial charge in [0.05, 0.1) is 7.11 Å². The zero-order valence-electron chi connectivity index (χ0n) is 15.5. The number of benzene rings is 2. The fraction of sp³-hybridized carbons (Fsp3) is 0.300. The zero-order valence-corrected chi connectivity index (χ0v) is 17.1. The molecule has 0 aliphatic carbocycles. The molecule has 0 spiro atoms. The van der Waals surface area contributed by atoms with Gasteiger partial charge in [0.2, 0.25) is 11.8 Å². The van der Waals surface area contributed by atoms with Gasteiger partial charge in [0, 0.05) is 29.1 Å². The number of halogens is 1. The molecule has 0 saturated heterocycles. The number of carbonyl (C=O) groups is 2. The van der Waals surface area contributed by atoms with E-state index in [1.54, 1.807) is 7.11 Å². The van der Waals surface area contributed by atoms with Crippen molar-refractivity contribution in [3.05, 3.63) is 58.6 Å². The Kier molecular flexibility index (Phi) is 8.00. The van der Waals surface area contributed by atoms with Crippen LogP contribution >= 0.6 is 23.4 Å². The first-order chi connectivity index (χ1) is 12.9. The summed E-state index contributed by atoms with van der Waals surface area (Å²) < 4.78 is 5.12. The first-order valence-electron chi connectivity index (χ1n) is 8.45. The first-order valence-corrected chi connectivity index (χ1v) is 9.82. The molecule has 0 aliphatic heterocycles. The monoisotopic (exact) mass is 406 g/mol. The van der Waals surface area contributed by atoms with Gasteiger partial charge in [-0.25, -0.2) is 0 Å². The van der Waals surface area contributed by atoms with Gasteiger partial charge in [-0.05, 0) is 42.3 Å². The van der Waals surface area contributed by atoms with Crippen LogP contribution in [0.2, 0.25) is 5.02 Å². The lowest BCUT2D eigenvalue weighted by Crippen LogP contribution is -2.47. The summed E-state index contributed by atoms with van der Waals surface area (Å²) in [6.07, 6.45) is 0. The number of aryl methyl sites for hydroxylation is 1. The summed E-state index contributed by atoms with van der Waals surface area (Å²) in [4.78, 5) is 25.0. The van der Waals surface area contributed by atoms with Gasteiger partial charge in [-0.2, -0.15) is 0 Å². The minimum atomic E-state index is -0.633. The number of hydrogen-bond acceptors (Lipinski definition) is 4. The lowest BCUT2D eigenvalue weighted by Gasteiger charge is -2.17. The molecule has 0 fully saturated rings. The molecule has 2 aromatic rings. The van der Waals surface area contributed by atoms with E-state index in [2.05, 4.69) is 10.6 Å². The Bertz CT molecular complexity index is 796. The Hall–Kier alpha value is -2.18. The van der Waals surface area contributed by atoms with Crippen LogP contribution in [0.5, 0.6) is 5.75 Å². The van der Waals surface area contributed by atoms with Crippen LogP contribution in [0.4, 0.5) is 0 Å². The second-order valence-electron chi connectivity index (χ2n) is 6.04. The molecule has 2 rings (SSSR count). The molecule has 2 aromatic carbocycles. The molecule has 0 radical (unpaired) electrons. The van der Waals surface area contributed by atoms with Crippen LogP contribution in [0.3, 0.4) is 0 Å². The van der Waals surface area contributed by atoms with Gasteiger partial charge >= 0.3 is 0 Å². The highest BCUT2D eigenvalue weighted by Crippen LogP contribution is 2.25. The number of amides is 2. The molecule has 0 bridgehead atoms. The molecule has 7 heteroatoms. The van der Waals surface area contributed by atoms with Crippen molar-refractivity contribution < 1.29 is 14.3 Å². The van der Waals surface area contributed by atoms with E-state index in [1.165, 1.54) is 18.7 Å². The van der Waals surface area contributed by atoms with E-state index in [0.717, 1.165) is 21.8 Å². The molecule has 2 N–H and O–H groups in total. The largest absolute Gasteiger partial charge is 0.497 e. The van der Waals surface area contributed by atoms with E-state index in [4.69, 9.17) is 16.3 Å². The van der Waals surface area contributed by atoms with Crippen molar-refractivity contribution in [3.8, 4) is 5.75 Å². The van der Waals surface area contributed by atoms with Crippen LogP contribution in [0, 0.1) is 6.92 Å². The molecular formula is C20H23ClN2O3S. The molecule has 144 valence electrons. The number of nitrogens with one attached hydrogen (secondary N) is 2. The minimum absolute atomic E-state index is 0.230. The van der Waals surface area contributed by atoms with Gasteiger partial charge in [-0.15, -0.1) is 11.8 Å². The van der Waals surface area contributed by atoms with Gasteiger partial charge in [0.15, 0.2) is 0 Å². The van der Waals surface area contributed by atoms with Crippen molar-refractivity contribution in [2.24, 2.45) is 0 Å². The van der Waals surface area contributed by atoms with Crippen LogP contribution in [0.1, 0.15) is 18.1 Å². The highest BCUT2D eigenvalue weighted by atomic mass is 35.5. The first kappa shape index (κ1) is 21.1. The third-order valence-corrected chi connectivity index (χ3v) is 5.37.